The summed E-state index contributed by atoms with van der Waals surface area (Å²) < 4.78 is 6.50. The molecule has 5 N–H and O–H groups in total. The van der Waals surface area contributed by atoms with Crippen molar-refractivity contribution in [2.45, 2.75) is 24.9 Å². The largest absolute Gasteiger partial charge is 0.497 e. The number of nitrogens with zero attached hydrogens (tertiary/aromatic N) is 3. The number of ether oxygens (including phenoxy) is 1. The van der Waals surface area contributed by atoms with Crippen molar-refractivity contribution in [2.24, 2.45) is 0 Å². The topological polar surface area (TPSA) is 171 Å². The van der Waals surface area contributed by atoms with Gasteiger partial charge in [-0.05, 0) is 12.1 Å². The van der Waals surface area contributed by atoms with Crippen LogP contribution in [0.5, 0.6) is 5.75 Å². The number of H-pyrrole nitrogens is 1. The number of aromatic nitrogens is 4. The third-order valence-corrected chi connectivity index (χ3v) is 4.16. The molecule has 2 aliphatic rings. The number of rotatable bonds is 6. The van der Waals surface area contributed by atoms with Crippen LogP contribution in [0.4, 0.5) is 0 Å². The SMILES string of the molecule is COc1ccc2nc3c(=O)[nH]c(=O)nc-3n(C[C@@H](O)[C@@H](O)[C@@H](O)CO)c2c1. The van der Waals surface area contributed by atoms with Gasteiger partial charge in [-0.1, -0.05) is 0 Å². The molecule has 0 saturated carbocycles. The number of methoxy groups -OCH3 is 1. The third kappa shape index (κ3) is 3.53. The maximum atomic E-state index is 12.1. The van der Waals surface area contributed by atoms with Gasteiger partial charge in [0.25, 0.3) is 5.56 Å². The van der Waals surface area contributed by atoms with Gasteiger partial charge in [0.2, 0.25) is 0 Å². The molecule has 0 fully saturated rings. The highest BCUT2D eigenvalue weighted by Crippen LogP contribution is 2.25. The Kier molecular flexibility index (Phi) is 5.19. The van der Waals surface area contributed by atoms with Gasteiger partial charge in [0.05, 0.1) is 31.3 Å². The predicted octanol–water partition coefficient (Wildman–Crippen LogP) is -2.33. The minimum absolute atomic E-state index is 0.103. The van der Waals surface area contributed by atoms with Crippen LogP contribution in [-0.2, 0) is 6.54 Å². The highest BCUT2D eigenvalue weighted by molar-refractivity contribution is 5.80. The fraction of sp³-hybridized carbons (Fsp3) is 0.375. The van der Waals surface area contributed by atoms with E-state index < -0.39 is 36.2 Å². The normalized spacial score (nSPS) is 15.0. The number of aliphatic hydroxyl groups is 4. The lowest BCUT2D eigenvalue weighted by atomic mass is 10.1. The highest BCUT2D eigenvalue weighted by Gasteiger charge is 2.27. The summed E-state index contributed by atoms with van der Waals surface area (Å²) >= 11 is 0. The van der Waals surface area contributed by atoms with Crippen LogP contribution in [-0.4, -0.2) is 72.0 Å². The van der Waals surface area contributed by atoms with E-state index in [9.17, 15) is 24.9 Å². The second-order valence-electron chi connectivity index (χ2n) is 5.93. The van der Waals surface area contributed by atoms with Gasteiger partial charge in [0.15, 0.2) is 11.5 Å². The van der Waals surface area contributed by atoms with Crippen LogP contribution in [0.3, 0.4) is 0 Å². The monoisotopic (exact) mass is 378 g/mol. The Balaban J connectivity index is 2.25. The number of fused-ring (bicyclic) bond motifs is 2. The zero-order chi connectivity index (χ0) is 19.7. The van der Waals surface area contributed by atoms with Gasteiger partial charge < -0.3 is 29.7 Å². The molecule has 11 heteroatoms. The smallest absolute Gasteiger partial charge is 0.349 e. The van der Waals surface area contributed by atoms with Crippen molar-refractivity contribution in [3.8, 4) is 17.3 Å². The lowest BCUT2D eigenvalue weighted by Crippen LogP contribution is -2.42. The molecule has 0 radical (unpaired) electrons. The quantitative estimate of drug-likeness (QED) is 0.295. The second-order valence-corrected chi connectivity index (χ2v) is 5.93. The molecule has 144 valence electrons. The molecule has 1 aromatic rings. The van der Waals surface area contributed by atoms with Crippen molar-refractivity contribution in [1.29, 1.82) is 0 Å². The number of aliphatic hydroxyl groups excluding tert-OH is 4. The molecule has 0 amide bonds. The zero-order valence-corrected chi connectivity index (χ0v) is 14.2. The summed E-state index contributed by atoms with van der Waals surface area (Å²) in [6, 6.07) is 4.77. The average molecular weight is 378 g/mol. The molecule has 0 spiro atoms. The zero-order valence-electron chi connectivity index (χ0n) is 14.2. The first-order valence-electron chi connectivity index (χ1n) is 7.99. The third-order valence-electron chi connectivity index (χ3n) is 4.16. The van der Waals surface area contributed by atoms with E-state index in [1.54, 1.807) is 18.2 Å². The Bertz CT molecular complexity index is 1050. The Labute approximate surface area is 151 Å². The first-order valence-corrected chi connectivity index (χ1v) is 7.99. The number of benzene rings is 1. The summed E-state index contributed by atoms with van der Waals surface area (Å²) in [5.74, 6) is 0.351. The molecule has 0 unspecified atom stereocenters. The van der Waals surface area contributed by atoms with E-state index in [2.05, 4.69) is 9.97 Å². The van der Waals surface area contributed by atoms with Crippen LogP contribution in [0.15, 0.2) is 27.8 Å². The fourth-order valence-corrected chi connectivity index (χ4v) is 2.74. The van der Waals surface area contributed by atoms with Crippen LogP contribution in [0.25, 0.3) is 22.6 Å². The van der Waals surface area contributed by atoms with E-state index in [1.165, 1.54) is 11.7 Å². The molecular weight excluding hydrogens is 360 g/mol. The van der Waals surface area contributed by atoms with Crippen LogP contribution in [0.1, 0.15) is 0 Å². The summed E-state index contributed by atoms with van der Waals surface area (Å²) in [6.07, 6.45) is -4.77. The maximum Gasteiger partial charge on any atom is 0.349 e. The van der Waals surface area contributed by atoms with Crippen molar-refractivity contribution in [1.82, 2.24) is 19.5 Å². The fourth-order valence-electron chi connectivity index (χ4n) is 2.74. The summed E-state index contributed by atoms with van der Waals surface area (Å²) in [4.78, 5) is 33.8. The summed E-state index contributed by atoms with van der Waals surface area (Å²) in [5.41, 5.74) is -1.03. The van der Waals surface area contributed by atoms with E-state index >= 15 is 0 Å². The van der Waals surface area contributed by atoms with Gasteiger partial charge in [-0.2, -0.15) is 4.98 Å². The van der Waals surface area contributed by atoms with E-state index in [1.807, 2.05) is 4.98 Å². The molecule has 11 nitrogen and oxygen atoms in total. The van der Waals surface area contributed by atoms with E-state index in [0.29, 0.717) is 16.8 Å². The number of nitrogens with one attached hydrogen (secondary N) is 1. The maximum absolute atomic E-state index is 12.1. The van der Waals surface area contributed by atoms with Gasteiger partial charge >= 0.3 is 5.69 Å². The second kappa shape index (κ2) is 7.40. The first kappa shape index (κ1) is 18.9. The van der Waals surface area contributed by atoms with Crippen LogP contribution < -0.4 is 16.0 Å². The highest BCUT2D eigenvalue weighted by atomic mass is 16.5. The average Bonchev–Trinajstić information content (AvgIpc) is 2.66. The van der Waals surface area contributed by atoms with Crippen molar-refractivity contribution in [2.75, 3.05) is 13.7 Å². The predicted molar refractivity (Wildman–Crippen MR) is 92.7 cm³/mol. The Hall–Kier alpha value is -2.86. The molecule has 0 aromatic heterocycles. The number of hydrogen-bond acceptors (Lipinski definition) is 9. The molecule has 3 atom stereocenters. The van der Waals surface area contributed by atoms with Crippen molar-refractivity contribution in [3.05, 3.63) is 39.0 Å². The summed E-state index contributed by atoms with van der Waals surface area (Å²) in [5, 5.41) is 38.7. The van der Waals surface area contributed by atoms with Crippen molar-refractivity contribution >= 4 is 11.0 Å². The lowest BCUT2D eigenvalue weighted by Gasteiger charge is -2.24. The Morgan fingerprint density at radius 3 is 2.59 bits per heavy atom. The minimum Gasteiger partial charge on any atom is -0.497 e. The van der Waals surface area contributed by atoms with Gasteiger partial charge in [-0.15, -0.1) is 0 Å². The Morgan fingerprint density at radius 1 is 1.19 bits per heavy atom. The molecule has 2 aliphatic heterocycles. The van der Waals surface area contributed by atoms with E-state index in [0.717, 1.165) is 0 Å². The molecule has 0 aliphatic carbocycles. The molecule has 27 heavy (non-hydrogen) atoms. The molecule has 1 aromatic carbocycles. The van der Waals surface area contributed by atoms with Crippen LogP contribution in [0.2, 0.25) is 0 Å². The molecule has 3 rings (SSSR count). The molecule has 0 saturated heterocycles. The van der Waals surface area contributed by atoms with Gasteiger partial charge in [0.1, 0.15) is 24.1 Å². The summed E-state index contributed by atoms with van der Waals surface area (Å²) in [7, 11) is 1.45. The lowest BCUT2D eigenvalue weighted by molar-refractivity contribution is -0.0802. The summed E-state index contributed by atoms with van der Waals surface area (Å²) in [6.45, 7) is -1.09. The van der Waals surface area contributed by atoms with Gasteiger partial charge in [0, 0.05) is 6.07 Å². The van der Waals surface area contributed by atoms with E-state index in [-0.39, 0.29) is 18.1 Å². The van der Waals surface area contributed by atoms with Crippen molar-refractivity contribution < 1.29 is 25.2 Å². The Morgan fingerprint density at radius 2 is 1.93 bits per heavy atom. The van der Waals surface area contributed by atoms with Gasteiger partial charge in [-0.3, -0.25) is 9.78 Å². The number of hydrogen-bond donors (Lipinski definition) is 5. The molecule has 2 heterocycles. The first-order chi connectivity index (χ1) is 12.8. The van der Waals surface area contributed by atoms with Crippen molar-refractivity contribution in [3.63, 3.8) is 0 Å². The molecule has 0 bridgehead atoms. The minimum atomic E-state index is -1.67. The van der Waals surface area contributed by atoms with E-state index in [4.69, 9.17) is 9.84 Å². The number of aromatic amines is 1. The van der Waals surface area contributed by atoms with Crippen LogP contribution >= 0.6 is 0 Å². The standard InChI is InChI=1S/C16H18N4O7/c1-27-7-2-3-8-9(4-7)20(5-10(22)13(24)11(23)6-21)14-12(17-8)15(25)19-16(26)18-14/h2-4,10-11,13,21-24H,5-6H2,1H3,(H,19,25,26)/t10-,11+,13-/m1/s1. The van der Waals surface area contributed by atoms with Gasteiger partial charge in [-0.25, -0.2) is 9.78 Å². The van der Waals surface area contributed by atoms with Crippen LogP contribution in [0, 0.1) is 0 Å². The molecular formula is C16H18N4O7.